The Hall–Kier alpha value is -2.12. The molecule has 4 rings (SSSR count). The first-order valence-corrected chi connectivity index (χ1v) is 8.75. The van der Waals surface area contributed by atoms with Crippen LogP contribution in [0.4, 0.5) is 4.39 Å². The molecule has 3 aromatic rings. The highest BCUT2D eigenvalue weighted by Gasteiger charge is 2.30. The van der Waals surface area contributed by atoms with Crippen molar-refractivity contribution in [1.82, 2.24) is 19.5 Å². The molecular weight excluding hydrogens is 327 g/mol. The lowest BCUT2D eigenvalue weighted by Crippen LogP contribution is -2.27. The maximum Gasteiger partial charge on any atom is 0.275 e. The van der Waals surface area contributed by atoms with E-state index in [1.807, 2.05) is 19.1 Å². The zero-order valence-corrected chi connectivity index (χ0v) is 14.1. The normalized spacial score (nSPS) is 14.6. The molecule has 124 valence electrons. The molecule has 7 heteroatoms. The second kappa shape index (κ2) is 6.07. The predicted octanol–water partition coefficient (Wildman–Crippen LogP) is 2.76. The van der Waals surface area contributed by atoms with Crippen molar-refractivity contribution in [1.29, 1.82) is 0 Å². The van der Waals surface area contributed by atoms with Crippen LogP contribution in [0.3, 0.4) is 0 Å². The minimum atomic E-state index is -0.190. The molecule has 1 aromatic carbocycles. The fourth-order valence-corrected chi connectivity index (χ4v) is 3.61. The van der Waals surface area contributed by atoms with Gasteiger partial charge in [-0.25, -0.2) is 9.37 Å². The average molecular weight is 344 g/mol. The number of rotatable bonds is 5. The molecular formula is C17H17FN4OS. The fraction of sp³-hybridized carbons (Fsp3) is 0.353. The Bertz CT molecular complexity index is 947. The Morgan fingerprint density at radius 1 is 1.33 bits per heavy atom. The van der Waals surface area contributed by atoms with Gasteiger partial charge >= 0.3 is 0 Å². The van der Waals surface area contributed by atoms with E-state index in [-0.39, 0.29) is 11.4 Å². The van der Waals surface area contributed by atoms with Gasteiger partial charge in [0.1, 0.15) is 10.8 Å². The van der Waals surface area contributed by atoms with E-state index in [0.717, 1.165) is 17.8 Å². The van der Waals surface area contributed by atoms with E-state index in [1.165, 1.54) is 28.0 Å². The minimum absolute atomic E-state index is 0.166. The number of aromatic nitrogens is 3. The van der Waals surface area contributed by atoms with Crippen LogP contribution < -0.4 is 5.56 Å². The summed E-state index contributed by atoms with van der Waals surface area (Å²) in [7, 11) is 0. The van der Waals surface area contributed by atoms with Crippen LogP contribution in [0.5, 0.6) is 0 Å². The highest BCUT2D eigenvalue weighted by molar-refractivity contribution is 7.16. The van der Waals surface area contributed by atoms with Crippen LogP contribution in [0.25, 0.3) is 4.96 Å². The van der Waals surface area contributed by atoms with Crippen molar-refractivity contribution in [2.45, 2.75) is 38.9 Å². The van der Waals surface area contributed by atoms with Crippen LogP contribution >= 0.6 is 11.3 Å². The second-order valence-corrected chi connectivity index (χ2v) is 7.29. The van der Waals surface area contributed by atoms with Gasteiger partial charge in [0.05, 0.1) is 5.69 Å². The van der Waals surface area contributed by atoms with Crippen LogP contribution in [0.15, 0.2) is 35.1 Å². The van der Waals surface area contributed by atoms with Crippen molar-refractivity contribution in [2.75, 3.05) is 0 Å². The zero-order valence-electron chi connectivity index (χ0n) is 13.3. The number of hydrogen-bond donors (Lipinski definition) is 0. The molecule has 2 aromatic heterocycles. The molecule has 0 spiro atoms. The Kier molecular flexibility index (Phi) is 3.90. The number of benzene rings is 1. The minimum Gasteiger partial charge on any atom is -0.290 e. The summed E-state index contributed by atoms with van der Waals surface area (Å²) in [5, 5.41) is 4.96. The zero-order chi connectivity index (χ0) is 16.7. The maximum absolute atomic E-state index is 13.9. The van der Waals surface area contributed by atoms with Gasteiger partial charge in [0, 0.05) is 30.8 Å². The molecule has 2 heterocycles. The molecule has 0 saturated heterocycles. The molecule has 0 bridgehead atoms. The molecule has 0 atom stereocenters. The predicted molar refractivity (Wildman–Crippen MR) is 90.5 cm³/mol. The average Bonchev–Trinajstić information content (AvgIpc) is 3.31. The SMILES string of the molecule is Cc1nn2c(=O)cc(CN(Cc3ccccc3F)C3CC3)nc2s1. The van der Waals surface area contributed by atoms with E-state index < -0.39 is 0 Å². The van der Waals surface area contributed by atoms with Crippen LogP contribution in [0.1, 0.15) is 29.1 Å². The summed E-state index contributed by atoms with van der Waals surface area (Å²) in [5.74, 6) is -0.190. The van der Waals surface area contributed by atoms with Crippen molar-refractivity contribution >= 4 is 16.3 Å². The first-order chi connectivity index (χ1) is 11.6. The summed E-state index contributed by atoms with van der Waals surface area (Å²) < 4.78 is 15.3. The van der Waals surface area contributed by atoms with E-state index in [0.29, 0.717) is 35.3 Å². The first kappa shape index (κ1) is 15.4. The van der Waals surface area contributed by atoms with Crippen LogP contribution in [-0.2, 0) is 13.1 Å². The number of nitrogens with zero attached hydrogens (tertiary/aromatic N) is 4. The topological polar surface area (TPSA) is 50.5 Å². The quantitative estimate of drug-likeness (QED) is 0.714. The van der Waals surface area contributed by atoms with E-state index in [9.17, 15) is 9.18 Å². The van der Waals surface area contributed by atoms with Gasteiger partial charge < -0.3 is 0 Å². The van der Waals surface area contributed by atoms with Gasteiger partial charge in [-0.2, -0.15) is 9.61 Å². The maximum atomic E-state index is 13.9. The summed E-state index contributed by atoms with van der Waals surface area (Å²) in [5.41, 5.74) is 1.23. The van der Waals surface area contributed by atoms with Crippen molar-refractivity contribution in [3.63, 3.8) is 0 Å². The van der Waals surface area contributed by atoms with Crippen molar-refractivity contribution in [2.24, 2.45) is 0 Å². The number of aryl methyl sites for hydroxylation is 1. The van der Waals surface area contributed by atoms with E-state index >= 15 is 0 Å². The van der Waals surface area contributed by atoms with Crippen LogP contribution in [-0.4, -0.2) is 25.5 Å². The Morgan fingerprint density at radius 2 is 2.12 bits per heavy atom. The molecule has 0 unspecified atom stereocenters. The monoisotopic (exact) mass is 344 g/mol. The standard InChI is InChI=1S/C17H17FN4OS/c1-11-20-22-16(23)8-13(19-17(22)24-11)10-21(14-6-7-14)9-12-4-2-3-5-15(12)18/h2-5,8,14H,6-7,9-10H2,1H3. The largest absolute Gasteiger partial charge is 0.290 e. The number of halogens is 1. The second-order valence-electron chi connectivity index (χ2n) is 6.13. The number of fused-ring (bicyclic) bond motifs is 1. The Morgan fingerprint density at radius 3 is 2.88 bits per heavy atom. The van der Waals surface area contributed by atoms with E-state index in [2.05, 4.69) is 15.0 Å². The summed E-state index contributed by atoms with van der Waals surface area (Å²) in [6.45, 7) is 2.93. The molecule has 1 aliphatic rings. The van der Waals surface area contributed by atoms with Gasteiger partial charge in [0.25, 0.3) is 5.56 Å². The Balaban J connectivity index is 1.61. The Labute approximate surface area is 142 Å². The summed E-state index contributed by atoms with van der Waals surface area (Å²) in [6.07, 6.45) is 2.21. The molecule has 1 fully saturated rings. The first-order valence-electron chi connectivity index (χ1n) is 7.94. The smallest absolute Gasteiger partial charge is 0.275 e. The molecule has 0 aliphatic heterocycles. The van der Waals surface area contributed by atoms with Gasteiger partial charge in [0.15, 0.2) is 0 Å². The lowest BCUT2D eigenvalue weighted by Gasteiger charge is -2.21. The highest BCUT2D eigenvalue weighted by Crippen LogP contribution is 2.30. The summed E-state index contributed by atoms with van der Waals surface area (Å²) >= 11 is 1.40. The van der Waals surface area contributed by atoms with Gasteiger partial charge in [-0.3, -0.25) is 9.69 Å². The van der Waals surface area contributed by atoms with Crippen molar-refractivity contribution in [3.05, 3.63) is 62.8 Å². The van der Waals surface area contributed by atoms with Crippen molar-refractivity contribution < 1.29 is 4.39 Å². The van der Waals surface area contributed by atoms with Crippen molar-refractivity contribution in [3.8, 4) is 0 Å². The van der Waals surface area contributed by atoms with Gasteiger partial charge in [-0.15, -0.1) is 0 Å². The van der Waals surface area contributed by atoms with E-state index in [4.69, 9.17) is 0 Å². The third-order valence-electron chi connectivity index (χ3n) is 4.16. The third kappa shape index (κ3) is 3.09. The molecule has 1 aliphatic carbocycles. The molecule has 0 amide bonds. The lowest BCUT2D eigenvalue weighted by atomic mass is 10.2. The molecule has 0 N–H and O–H groups in total. The highest BCUT2D eigenvalue weighted by atomic mass is 32.1. The summed E-state index contributed by atoms with van der Waals surface area (Å²) in [6, 6.07) is 8.81. The van der Waals surface area contributed by atoms with Gasteiger partial charge in [-0.05, 0) is 25.8 Å². The fourth-order valence-electron chi connectivity index (χ4n) is 2.84. The molecule has 5 nitrogen and oxygen atoms in total. The van der Waals surface area contributed by atoms with E-state index in [1.54, 1.807) is 6.07 Å². The molecule has 0 radical (unpaired) electrons. The molecule has 24 heavy (non-hydrogen) atoms. The third-order valence-corrected chi connectivity index (χ3v) is 4.98. The summed E-state index contributed by atoms with van der Waals surface area (Å²) in [4.78, 5) is 19.5. The van der Waals surface area contributed by atoms with Crippen LogP contribution in [0, 0.1) is 12.7 Å². The van der Waals surface area contributed by atoms with Crippen LogP contribution in [0.2, 0.25) is 0 Å². The molecule has 1 saturated carbocycles. The van der Waals surface area contributed by atoms with Gasteiger partial charge in [-0.1, -0.05) is 29.5 Å². The van der Waals surface area contributed by atoms with Gasteiger partial charge in [0.2, 0.25) is 4.96 Å². The lowest BCUT2D eigenvalue weighted by molar-refractivity contribution is 0.239. The number of hydrogen-bond acceptors (Lipinski definition) is 5.